The predicted octanol–water partition coefficient (Wildman–Crippen LogP) is 5.52. The zero-order valence-corrected chi connectivity index (χ0v) is 16.5. The highest BCUT2D eigenvalue weighted by Crippen LogP contribution is 2.24. The first-order chi connectivity index (χ1) is 13.2. The first-order valence-electron chi connectivity index (χ1n) is 8.94. The van der Waals surface area contributed by atoms with Crippen LogP contribution in [0.1, 0.15) is 22.6 Å². The second-order valence-electron chi connectivity index (χ2n) is 6.22. The second-order valence-corrected chi connectivity index (χ2v) is 7.77. The van der Waals surface area contributed by atoms with Gasteiger partial charge in [0.2, 0.25) is 5.91 Å². The molecule has 0 fully saturated rings. The first-order valence-corrected chi connectivity index (χ1v) is 10.5. The van der Waals surface area contributed by atoms with E-state index >= 15 is 0 Å². The van der Waals surface area contributed by atoms with E-state index in [2.05, 4.69) is 5.32 Å². The third-order valence-corrected chi connectivity index (χ3v) is 5.54. The van der Waals surface area contributed by atoms with E-state index in [1.807, 2.05) is 84.9 Å². The van der Waals surface area contributed by atoms with Gasteiger partial charge in [0, 0.05) is 23.1 Å². The monoisotopic (exact) mass is 395 g/mol. The van der Waals surface area contributed by atoms with Crippen LogP contribution >= 0.6 is 23.4 Å². The number of thioether (sulfide) groups is 1. The molecule has 1 amide bonds. The lowest BCUT2D eigenvalue weighted by atomic mass is 9.90. The van der Waals surface area contributed by atoms with Crippen molar-refractivity contribution in [1.82, 2.24) is 5.32 Å². The van der Waals surface area contributed by atoms with Crippen molar-refractivity contribution in [2.24, 2.45) is 0 Å². The molecular formula is C23H22ClNOS. The number of rotatable bonds is 8. The maximum Gasteiger partial charge on any atom is 0.232 e. The zero-order chi connectivity index (χ0) is 18.9. The van der Waals surface area contributed by atoms with Crippen molar-refractivity contribution in [2.45, 2.75) is 11.7 Å². The fourth-order valence-electron chi connectivity index (χ4n) is 2.91. The van der Waals surface area contributed by atoms with E-state index in [-0.39, 0.29) is 11.8 Å². The van der Waals surface area contributed by atoms with Crippen LogP contribution in [0.5, 0.6) is 0 Å². The molecule has 27 heavy (non-hydrogen) atoms. The molecule has 3 rings (SSSR count). The van der Waals surface area contributed by atoms with E-state index in [9.17, 15) is 4.79 Å². The molecule has 0 spiro atoms. The van der Waals surface area contributed by atoms with Gasteiger partial charge in [-0.05, 0) is 28.8 Å². The quantitative estimate of drug-likeness (QED) is 0.508. The number of hydrogen-bond donors (Lipinski definition) is 1. The summed E-state index contributed by atoms with van der Waals surface area (Å²) >= 11 is 7.71. The minimum absolute atomic E-state index is 0.0412. The number of nitrogens with one attached hydrogen (secondary N) is 1. The van der Waals surface area contributed by atoms with Crippen molar-refractivity contribution in [3.05, 3.63) is 107 Å². The molecule has 0 aliphatic rings. The lowest BCUT2D eigenvalue weighted by molar-refractivity contribution is -0.121. The Kier molecular flexibility index (Phi) is 7.37. The molecule has 4 heteroatoms. The Morgan fingerprint density at radius 3 is 1.96 bits per heavy atom. The number of halogens is 1. The summed E-state index contributed by atoms with van der Waals surface area (Å²) in [7, 11) is 0. The Hall–Kier alpha value is -2.23. The standard InChI is InChI=1S/C23H22ClNOS/c24-21-13-11-18(12-14-21)17-27-16-15-25-23(26)22(19-7-3-1-4-8-19)20-9-5-2-6-10-20/h1-14,22H,15-17H2,(H,25,26). The molecule has 0 aromatic heterocycles. The molecule has 0 atom stereocenters. The van der Waals surface area contributed by atoms with Gasteiger partial charge in [-0.1, -0.05) is 84.4 Å². The van der Waals surface area contributed by atoms with E-state index < -0.39 is 0 Å². The number of carbonyl (C=O) groups is 1. The average molecular weight is 396 g/mol. The molecule has 138 valence electrons. The third-order valence-electron chi connectivity index (χ3n) is 4.26. The van der Waals surface area contributed by atoms with Gasteiger partial charge in [0.15, 0.2) is 0 Å². The lowest BCUT2D eigenvalue weighted by Gasteiger charge is -2.18. The molecule has 3 aromatic carbocycles. The van der Waals surface area contributed by atoms with Gasteiger partial charge in [-0.15, -0.1) is 0 Å². The summed E-state index contributed by atoms with van der Waals surface area (Å²) in [5.74, 6) is 1.53. The van der Waals surface area contributed by atoms with E-state index in [0.29, 0.717) is 6.54 Å². The maximum absolute atomic E-state index is 12.9. The topological polar surface area (TPSA) is 29.1 Å². The van der Waals surface area contributed by atoms with Crippen LogP contribution in [0, 0.1) is 0 Å². The summed E-state index contributed by atoms with van der Waals surface area (Å²) in [5.41, 5.74) is 3.26. The number of amides is 1. The van der Waals surface area contributed by atoms with Crippen molar-refractivity contribution < 1.29 is 4.79 Å². The van der Waals surface area contributed by atoms with Crippen LogP contribution in [0.3, 0.4) is 0 Å². The van der Waals surface area contributed by atoms with Crippen molar-refractivity contribution in [2.75, 3.05) is 12.3 Å². The van der Waals surface area contributed by atoms with Crippen LogP contribution < -0.4 is 5.32 Å². The molecule has 0 aliphatic heterocycles. The van der Waals surface area contributed by atoms with Crippen LogP contribution in [-0.4, -0.2) is 18.2 Å². The number of hydrogen-bond acceptors (Lipinski definition) is 2. The predicted molar refractivity (Wildman–Crippen MR) is 115 cm³/mol. The van der Waals surface area contributed by atoms with Gasteiger partial charge in [0.25, 0.3) is 0 Å². The fraction of sp³-hybridized carbons (Fsp3) is 0.174. The molecule has 0 saturated heterocycles. The van der Waals surface area contributed by atoms with Crippen molar-refractivity contribution >= 4 is 29.3 Å². The van der Waals surface area contributed by atoms with Crippen LogP contribution in [0.25, 0.3) is 0 Å². The molecule has 0 unspecified atom stereocenters. The Morgan fingerprint density at radius 2 is 1.41 bits per heavy atom. The normalized spacial score (nSPS) is 10.7. The highest BCUT2D eigenvalue weighted by Gasteiger charge is 2.21. The SMILES string of the molecule is O=C(NCCSCc1ccc(Cl)cc1)C(c1ccccc1)c1ccccc1. The minimum Gasteiger partial charge on any atom is -0.354 e. The highest BCUT2D eigenvalue weighted by atomic mass is 35.5. The van der Waals surface area contributed by atoms with Gasteiger partial charge in [-0.3, -0.25) is 4.79 Å². The molecule has 0 radical (unpaired) electrons. The fourth-order valence-corrected chi connectivity index (χ4v) is 3.85. The maximum atomic E-state index is 12.9. The van der Waals surface area contributed by atoms with Crippen LogP contribution in [0.2, 0.25) is 5.02 Å². The molecule has 0 saturated carbocycles. The summed E-state index contributed by atoms with van der Waals surface area (Å²) in [4.78, 5) is 12.9. The molecule has 0 bridgehead atoms. The van der Waals surface area contributed by atoms with Crippen molar-refractivity contribution in [3.8, 4) is 0 Å². The van der Waals surface area contributed by atoms with Crippen LogP contribution in [0.4, 0.5) is 0 Å². The largest absolute Gasteiger partial charge is 0.354 e. The summed E-state index contributed by atoms with van der Waals surface area (Å²) in [5, 5.41) is 3.85. The van der Waals surface area contributed by atoms with Gasteiger partial charge in [-0.2, -0.15) is 11.8 Å². The first kappa shape index (κ1) is 19.5. The third kappa shape index (κ3) is 5.88. The molecular weight excluding hydrogens is 374 g/mol. The summed E-state index contributed by atoms with van der Waals surface area (Å²) < 4.78 is 0. The van der Waals surface area contributed by atoms with Crippen LogP contribution in [0.15, 0.2) is 84.9 Å². The van der Waals surface area contributed by atoms with E-state index in [1.165, 1.54) is 5.56 Å². The van der Waals surface area contributed by atoms with E-state index in [1.54, 1.807) is 11.8 Å². The minimum atomic E-state index is -0.284. The summed E-state index contributed by atoms with van der Waals surface area (Å²) in [6.07, 6.45) is 0. The Morgan fingerprint density at radius 1 is 0.852 bits per heavy atom. The lowest BCUT2D eigenvalue weighted by Crippen LogP contribution is -2.31. The van der Waals surface area contributed by atoms with Crippen molar-refractivity contribution in [3.63, 3.8) is 0 Å². The molecule has 1 N–H and O–H groups in total. The Bertz CT molecular complexity index is 798. The Labute approximate surface area is 170 Å². The summed E-state index contributed by atoms with van der Waals surface area (Å²) in [6, 6.07) is 27.7. The number of carbonyl (C=O) groups excluding carboxylic acids is 1. The van der Waals surface area contributed by atoms with Crippen LogP contribution in [-0.2, 0) is 10.5 Å². The molecule has 0 heterocycles. The smallest absolute Gasteiger partial charge is 0.232 e. The molecule has 3 aromatic rings. The van der Waals surface area contributed by atoms with Gasteiger partial charge in [0.1, 0.15) is 0 Å². The Balaban J connectivity index is 1.54. The summed E-state index contributed by atoms with van der Waals surface area (Å²) in [6.45, 7) is 0.646. The van der Waals surface area contributed by atoms with E-state index in [0.717, 1.165) is 27.7 Å². The van der Waals surface area contributed by atoms with E-state index in [4.69, 9.17) is 11.6 Å². The molecule has 2 nitrogen and oxygen atoms in total. The highest BCUT2D eigenvalue weighted by molar-refractivity contribution is 7.98. The van der Waals surface area contributed by atoms with Crippen molar-refractivity contribution in [1.29, 1.82) is 0 Å². The van der Waals surface area contributed by atoms with Gasteiger partial charge in [0.05, 0.1) is 5.92 Å². The second kappa shape index (κ2) is 10.2. The number of benzene rings is 3. The average Bonchev–Trinajstić information content (AvgIpc) is 2.71. The molecule has 0 aliphatic carbocycles. The van der Waals surface area contributed by atoms with Gasteiger partial charge >= 0.3 is 0 Å². The van der Waals surface area contributed by atoms with Gasteiger partial charge < -0.3 is 5.32 Å². The van der Waals surface area contributed by atoms with Gasteiger partial charge in [-0.25, -0.2) is 0 Å². The zero-order valence-electron chi connectivity index (χ0n) is 15.0.